The number of rotatable bonds is 3. The van der Waals surface area contributed by atoms with Crippen LogP contribution in [0.1, 0.15) is 19.3 Å². The summed E-state index contributed by atoms with van der Waals surface area (Å²) < 4.78 is 11.0. The van der Waals surface area contributed by atoms with Crippen LogP contribution in [0.25, 0.3) is 0 Å². The second-order valence-electron chi connectivity index (χ2n) is 4.89. The van der Waals surface area contributed by atoms with Gasteiger partial charge in [-0.3, -0.25) is 4.79 Å². The smallest absolute Gasteiger partial charge is 0.308 e. The van der Waals surface area contributed by atoms with E-state index in [-0.39, 0.29) is 18.2 Å². The van der Waals surface area contributed by atoms with E-state index in [9.17, 15) is 4.79 Å². The number of carbonyl (C=O) groups excluding carboxylic acids is 1. The van der Waals surface area contributed by atoms with E-state index >= 15 is 0 Å². The third-order valence-corrected chi connectivity index (χ3v) is 3.36. The van der Waals surface area contributed by atoms with Gasteiger partial charge in [-0.2, -0.15) is 0 Å². The molecule has 2 fully saturated rings. The first-order valence-electron chi connectivity index (χ1n) is 6.44. The number of hydrogen-bond donors (Lipinski definition) is 1. The lowest BCUT2D eigenvalue weighted by Gasteiger charge is -2.29. The molecule has 0 aromatic heterocycles. The van der Waals surface area contributed by atoms with Crippen molar-refractivity contribution in [1.82, 2.24) is 10.2 Å². The van der Waals surface area contributed by atoms with Gasteiger partial charge in [0.15, 0.2) is 0 Å². The second-order valence-corrected chi connectivity index (χ2v) is 4.89. The van der Waals surface area contributed by atoms with Gasteiger partial charge in [0, 0.05) is 26.2 Å². The molecule has 2 saturated heterocycles. The highest BCUT2D eigenvalue weighted by Gasteiger charge is 2.23. The monoisotopic (exact) mass is 242 g/mol. The Morgan fingerprint density at radius 2 is 2.24 bits per heavy atom. The summed E-state index contributed by atoms with van der Waals surface area (Å²) in [6.07, 6.45) is 2.37. The van der Waals surface area contributed by atoms with Crippen LogP contribution in [0.5, 0.6) is 0 Å². The highest BCUT2D eigenvalue weighted by atomic mass is 16.5. The molecule has 1 atom stereocenters. The Morgan fingerprint density at radius 3 is 2.88 bits per heavy atom. The molecule has 5 nitrogen and oxygen atoms in total. The lowest BCUT2D eigenvalue weighted by atomic mass is 10.1. The molecule has 98 valence electrons. The maximum Gasteiger partial charge on any atom is 0.308 e. The first-order valence-corrected chi connectivity index (χ1v) is 6.44. The molecule has 1 unspecified atom stereocenters. The molecule has 0 aliphatic carbocycles. The van der Waals surface area contributed by atoms with Gasteiger partial charge in [0.05, 0.1) is 19.1 Å². The molecule has 0 bridgehead atoms. The maximum absolute atomic E-state index is 11.7. The van der Waals surface area contributed by atoms with Crippen LogP contribution in [-0.4, -0.2) is 62.9 Å². The number of hydrogen-bond acceptors (Lipinski definition) is 5. The van der Waals surface area contributed by atoms with E-state index in [1.54, 1.807) is 0 Å². The lowest BCUT2D eigenvalue weighted by Crippen LogP contribution is -2.41. The Kier molecular flexibility index (Phi) is 4.76. The van der Waals surface area contributed by atoms with Gasteiger partial charge in [0.2, 0.25) is 0 Å². The number of piperidine rings is 1. The minimum atomic E-state index is -0.117. The van der Waals surface area contributed by atoms with Crippen molar-refractivity contribution in [3.8, 4) is 0 Å². The number of carbonyl (C=O) groups is 1. The molecule has 0 aromatic rings. The fourth-order valence-corrected chi connectivity index (χ4v) is 2.27. The average Bonchev–Trinajstić information content (AvgIpc) is 2.33. The van der Waals surface area contributed by atoms with E-state index in [4.69, 9.17) is 9.47 Å². The van der Waals surface area contributed by atoms with Crippen molar-refractivity contribution in [3.05, 3.63) is 0 Å². The van der Waals surface area contributed by atoms with Crippen molar-refractivity contribution in [2.75, 3.05) is 39.8 Å². The molecule has 1 N–H and O–H groups in total. The second kappa shape index (κ2) is 6.33. The molecule has 0 saturated carbocycles. The molecule has 2 heterocycles. The van der Waals surface area contributed by atoms with Crippen molar-refractivity contribution in [1.29, 1.82) is 0 Å². The molecule has 2 aliphatic heterocycles. The summed E-state index contributed by atoms with van der Waals surface area (Å²) in [4.78, 5) is 14.0. The van der Waals surface area contributed by atoms with Gasteiger partial charge < -0.3 is 19.7 Å². The van der Waals surface area contributed by atoms with Crippen LogP contribution in [0, 0.1) is 0 Å². The fraction of sp³-hybridized carbons (Fsp3) is 0.917. The average molecular weight is 242 g/mol. The molecular formula is C12H22N2O3. The molecule has 2 rings (SSSR count). The Hall–Kier alpha value is -0.650. The van der Waals surface area contributed by atoms with E-state index in [1.807, 2.05) is 0 Å². The summed E-state index contributed by atoms with van der Waals surface area (Å²) >= 11 is 0. The van der Waals surface area contributed by atoms with Gasteiger partial charge in [0.25, 0.3) is 0 Å². The predicted molar refractivity (Wildman–Crippen MR) is 63.8 cm³/mol. The minimum Gasteiger partial charge on any atom is -0.462 e. The highest BCUT2D eigenvalue weighted by molar-refractivity contribution is 5.70. The van der Waals surface area contributed by atoms with Gasteiger partial charge in [-0.25, -0.2) is 0 Å². The van der Waals surface area contributed by atoms with Crippen molar-refractivity contribution in [2.24, 2.45) is 0 Å². The van der Waals surface area contributed by atoms with E-state index in [0.717, 1.165) is 39.0 Å². The van der Waals surface area contributed by atoms with Crippen LogP contribution < -0.4 is 5.32 Å². The Bertz CT molecular complexity index is 246. The zero-order chi connectivity index (χ0) is 12.1. The van der Waals surface area contributed by atoms with Crippen LogP contribution in [0.3, 0.4) is 0 Å². The molecular weight excluding hydrogens is 220 g/mol. The summed E-state index contributed by atoms with van der Waals surface area (Å²) in [6, 6.07) is 0. The van der Waals surface area contributed by atoms with Crippen molar-refractivity contribution < 1.29 is 14.3 Å². The normalized spacial score (nSPS) is 27.9. The van der Waals surface area contributed by atoms with Crippen LogP contribution in [0.15, 0.2) is 0 Å². The summed E-state index contributed by atoms with van der Waals surface area (Å²) in [6.45, 7) is 4.34. The molecule has 0 radical (unpaired) electrons. The zero-order valence-corrected chi connectivity index (χ0v) is 10.5. The van der Waals surface area contributed by atoms with Crippen LogP contribution in [0.4, 0.5) is 0 Å². The van der Waals surface area contributed by atoms with Crippen LogP contribution >= 0.6 is 0 Å². The number of esters is 1. The summed E-state index contributed by atoms with van der Waals surface area (Å²) in [5, 5.41) is 3.21. The van der Waals surface area contributed by atoms with Crippen LogP contribution in [0.2, 0.25) is 0 Å². The molecule has 0 aromatic carbocycles. The first-order chi connectivity index (χ1) is 8.24. The summed E-state index contributed by atoms with van der Waals surface area (Å²) in [7, 11) is 2.10. The number of likely N-dealkylation sites (tertiary alicyclic amines) is 1. The van der Waals surface area contributed by atoms with Gasteiger partial charge >= 0.3 is 5.97 Å². The topological polar surface area (TPSA) is 50.8 Å². The quantitative estimate of drug-likeness (QED) is 0.706. The maximum atomic E-state index is 11.7. The van der Waals surface area contributed by atoms with Gasteiger partial charge in [-0.15, -0.1) is 0 Å². The largest absolute Gasteiger partial charge is 0.462 e. The lowest BCUT2D eigenvalue weighted by molar-refractivity contribution is -0.154. The Morgan fingerprint density at radius 1 is 1.47 bits per heavy atom. The van der Waals surface area contributed by atoms with Gasteiger partial charge in [0.1, 0.15) is 6.10 Å². The molecule has 0 spiro atoms. The van der Waals surface area contributed by atoms with Crippen molar-refractivity contribution >= 4 is 5.97 Å². The third-order valence-electron chi connectivity index (χ3n) is 3.36. The van der Waals surface area contributed by atoms with Gasteiger partial charge in [-0.05, 0) is 19.9 Å². The number of nitrogens with one attached hydrogen (secondary N) is 1. The van der Waals surface area contributed by atoms with E-state index in [2.05, 4.69) is 17.3 Å². The molecule has 17 heavy (non-hydrogen) atoms. The summed E-state index contributed by atoms with van der Waals surface area (Å²) in [5.41, 5.74) is 0. The van der Waals surface area contributed by atoms with Crippen molar-refractivity contribution in [3.63, 3.8) is 0 Å². The van der Waals surface area contributed by atoms with E-state index in [0.29, 0.717) is 13.0 Å². The number of morpholine rings is 1. The molecule has 0 amide bonds. The Labute approximate surface area is 102 Å². The van der Waals surface area contributed by atoms with Gasteiger partial charge in [-0.1, -0.05) is 0 Å². The van der Waals surface area contributed by atoms with E-state index in [1.165, 1.54) is 0 Å². The van der Waals surface area contributed by atoms with Crippen LogP contribution in [-0.2, 0) is 14.3 Å². The number of ether oxygens (including phenoxy) is 2. The predicted octanol–water partition coefficient (Wildman–Crippen LogP) is 0.00230. The first kappa shape index (κ1) is 12.8. The number of nitrogens with zero attached hydrogens (tertiary/aromatic N) is 1. The highest BCUT2D eigenvalue weighted by Crippen LogP contribution is 2.14. The molecule has 2 aliphatic rings. The minimum absolute atomic E-state index is 0.0116. The SMILES string of the molecule is CN1CCC(OC(=O)CC2CNCCO2)CC1. The zero-order valence-electron chi connectivity index (χ0n) is 10.5. The standard InChI is InChI=1S/C12H22N2O3/c1-14-5-2-10(3-6-14)17-12(15)8-11-9-13-4-7-16-11/h10-11,13H,2-9H2,1H3. The van der Waals surface area contributed by atoms with E-state index < -0.39 is 0 Å². The third kappa shape index (κ3) is 4.26. The molecule has 5 heteroatoms. The fourth-order valence-electron chi connectivity index (χ4n) is 2.27. The summed E-state index contributed by atoms with van der Waals surface area (Å²) in [5.74, 6) is -0.117. The Balaban J connectivity index is 1.66. The van der Waals surface area contributed by atoms with Crippen molar-refractivity contribution in [2.45, 2.75) is 31.5 Å².